The van der Waals surface area contributed by atoms with Gasteiger partial charge in [-0.15, -0.1) is 0 Å². The minimum Gasteiger partial charge on any atom is -0.349 e. The molecule has 0 radical (unpaired) electrons. The number of carbonyl (C=O) groups excluding carboxylic acids is 1. The zero-order valence-electron chi connectivity index (χ0n) is 16.8. The first kappa shape index (κ1) is 19.8. The van der Waals surface area contributed by atoms with E-state index in [1.165, 1.54) is 10.2 Å². The van der Waals surface area contributed by atoms with Gasteiger partial charge in [0.2, 0.25) is 0 Å². The van der Waals surface area contributed by atoms with Gasteiger partial charge < -0.3 is 10.2 Å². The smallest absolute Gasteiger partial charge is 0.274 e. The topological polar surface area (TPSA) is 67.2 Å². The number of nitrogens with zero attached hydrogens (tertiary/aromatic N) is 3. The predicted octanol–water partition coefficient (Wildman–Crippen LogP) is 2.53. The fraction of sp³-hybridized carbons (Fsp3) is 0.318. The number of likely N-dealkylation sites (N-methyl/N-ethyl adjacent to an activating group) is 1. The fourth-order valence-electron chi connectivity index (χ4n) is 3.31. The lowest BCUT2D eigenvalue weighted by atomic mass is 10.0. The Morgan fingerprint density at radius 1 is 1.11 bits per heavy atom. The van der Waals surface area contributed by atoms with E-state index in [2.05, 4.69) is 46.5 Å². The van der Waals surface area contributed by atoms with Crippen molar-refractivity contribution in [1.29, 1.82) is 0 Å². The maximum atomic E-state index is 12.9. The van der Waals surface area contributed by atoms with Crippen LogP contribution >= 0.6 is 0 Å². The molecule has 1 heterocycles. The van der Waals surface area contributed by atoms with Gasteiger partial charge in [-0.3, -0.25) is 9.59 Å². The molecule has 0 aliphatic carbocycles. The summed E-state index contributed by atoms with van der Waals surface area (Å²) in [6, 6.07) is 15.6. The van der Waals surface area contributed by atoms with Crippen molar-refractivity contribution in [2.75, 3.05) is 20.6 Å². The van der Waals surface area contributed by atoms with Crippen molar-refractivity contribution in [1.82, 2.24) is 20.0 Å². The van der Waals surface area contributed by atoms with Crippen LogP contribution in [0.25, 0.3) is 10.8 Å². The summed E-state index contributed by atoms with van der Waals surface area (Å²) in [5.41, 5.74) is 2.47. The Kier molecular flexibility index (Phi) is 5.90. The highest BCUT2D eigenvalue weighted by molar-refractivity contribution is 6.04. The summed E-state index contributed by atoms with van der Waals surface area (Å²) < 4.78 is 1.21. The van der Waals surface area contributed by atoms with Crippen LogP contribution < -0.4 is 10.9 Å². The third-order valence-corrected chi connectivity index (χ3v) is 5.02. The Bertz CT molecular complexity index is 1040. The molecular formula is C22H26N4O2. The number of rotatable bonds is 6. The molecule has 1 aromatic heterocycles. The van der Waals surface area contributed by atoms with E-state index in [-0.39, 0.29) is 23.2 Å². The Balaban J connectivity index is 1.85. The molecule has 0 bridgehead atoms. The third-order valence-electron chi connectivity index (χ3n) is 5.02. The molecule has 1 atom stereocenters. The van der Waals surface area contributed by atoms with Crippen molar-refractivity contribution in [2.24, 2.45) is 7.05 Å². The molecule has 0 fully saturated rings. The van der Waals surface area contributed by atoms with Crippen LogP contribution in [0.15, 0.2) is 53.3 Å². The zero-order chi connectivity index (χ0) is 20.3. The first-order valence-corrected chi connectivity index (χ1v) is 9.42. The molecule has 0 spiro atoms. The van der Waals surface area contributed by atoms with E-state index in [0.29, 0.717) is 17.3 Å². The van der Waals surface area contributed by atoms with E-state index in [4.69, 9.17) is 0 Å². The van der Waals surface area contributed by atoms with Gasteiger partial charge in [0.05, 0.1) is 11.4 Å². The lowest BCUT2D eigenvalue weighted by molar-refractivity contribution is 0.0936. The predicted molar refractivity (Wildman–Crippen MR) is 112 cm³/mol. The Morgan fingerprint density at radius 2 is 1.75 bits per heavy atom. The van der Waals surface area contributed by atoms with Crippen molar-refractivity contribution in [3.8, 4) is 0 Å². The maximum absolute atomic E-state index is 12.9. The monoisotopic (exact) mass is 378 g/mol. The van der Waals surface area contributed by atoms with Gasteiger partial charge in [-0.25, -0.2) is 4.68 Å². The van der Waals surface area contributed by atoms with Gasteiger partial charge in [0.1, 0.15) is 0 Å². The number of nitrogens with one attached hydrogen (secondary N) is 1. The van der Waals surface area contributed by atoms with Crippen molar-refractivity contribution < 1.29 is 4.79 Å². The minimum atomic E-state index is -0.288. The van der Waals surface area contributed by atoms with Crippen molar-refractivity contribution in [2.45, 2.75) is 19.4 Å². The summed E-state index contributed by atoms with van der Waals surface area (Å²) in [5, 5.41) is 8.24. The lowest BCUT2D eigenvalue weighted by Crippen LogP contribution is -2.36. The van der Waals surface area contributed by atoms with E-state index < -0.39 is 0 Å². The first-order chi connectivity index (χ1) is 13.4. The van der Waals surface area contributed by atoms with E-state index in [1.54, 1.807) is 31.3 Å². The Labute approximate surface area is 164 Å². The molecule has 28 heavy (non-hydrogen) atoms. The third kappa shape index (κ3) is 3.97. The largest absolute Gasteiger partial charge is 0.349 e. The van der Waals surface area contributed by atoms with Crippen LogP contribution in [0.3, 0.4) is 0 Å². The van der Waals surface area contributed by atoms with Crippen LogP contribution in [-0.4, -0.2) is 41.2 Å². The molecule has 0 aliphatic rings. The summed E-state index contributed by atoms with van der Waals surface area (Å²) in [6.45, 7) is 2.57. The fourth-order valence-corrected chi connectivity index (χ4v) is 3.31. The second kappa shape index (κ2) is 8.35. The number of aromatic nitrogens is 2. The van der Waals surface area contributed by atoms with Gasteiger partial charge >= 0.3 is 0 Å². The average molecular weight is 378 g/mol. The summed E-state index contributed by atoms with van der Waals surface area (Å²) >= 11 is 0. The number of aryl methyl sites for hydroxylation is 2. The average Bonchev–Trinajstić information content (AvgIpc) is 2.71. The molecule has 0 aliphatic heterocycles. The molecule has 6 heteroatoms. The van der Waals surface area contributed by atoms with E-state index in [0.717, 1.165) is 12.0 Å². The molecule has 2 aromatic carbocycles. The molecule has 3 rings (SSSR count). The van der Waals surface area contributed by atoms with Crippen LogP contribution in [0.5, 0.6) is 0 Å². The number of hydrogen-bond donors (Lipinski definition) is 1. The standard InChI is InChI=1S/C22H26N4O2/c1-5-15-10-12-16(13-11-15)19(25(2)3)14-23-21(27)20-17-8-6-7-9-18(17)22(28)26(4)24-20/h6-13,19H,5,14H2,1-4H3,(H,23,27)/t19-/m0/s1. The van der Waals surface area contributed by atoms with Gasteiger partial charge in [-0.05, 0) is 37.7 Å². The number of hydrogen-bond acceptors (Lipinski definition) is 4. The van der Waals surface area contributed by atoms with Crippen LogP contribution in [0.2, 0.25) is 0 Å². The van der Waals surface area contributed by atoms with Gasteiger partial charge in [0.25, 0.3) is 11.5 Å². The number of amides is 1. The van der Waals surface area contributed by atoms with Gasteiger partial charge in [-0.1, -0.05) is 49.4 Å². The van der Waals surface area contributed by atoms with E-state index >= 15 is 0 Å². The highest BCUT2D eigenvalue weighted by atomic mass is 16.2. The normalized spacial score (nSPS) is 12.3. The SMILES string of the molecule is CCc1ccc([C@H](CNC(=O)c2nn(C)c(=O)c3ccccc23)N(C)C)cc1. The second-order valence-electron chi connectivity index (χ2n) is 7.11. The van der Waals surface area contributed by atoms with Gasteiger partial charge in [0.15, 0.2) is 5.69 Å². The quantitative estimate of drug-likeness (QED) is 0.716. The second-order valence-corrected chi connectivity index (χ2v) is 7.11. The first-order valence-electron chi connectivity index (χ1n) is 9.42. The molecule has 0 unspecified atom stereocenters. The molecule has 0 saturated carbocycles. The number of carbonyl (C=O) groups is 1. The highest BCUT2D eigenvalue weighted by Gasteiger charge is 2.19. The Hall–Kier alpha value is -2.99. The van der Waals surface area contributed by atoms with E-state index in [1.807, 2.05) is 14.1 Å². The molecule has 3 aromatic rings. The van der Waals surface area contributed by atoms with Crippen molar-refractivity contribution in [3.63, 3.8) is 0 Å². The maximum Gasteiger partial charge on any atom is 0.274 e. The van der Waals surface area contributed by atoms with Crippen LogP contribution in [0.4, 0.5) is 0 Å². The number of fused-ring (bicyclic) bond motifs is 1. The molecule has 146 valence electrons. The lowest BCUT2D eigenvalue weighted by Gasteiger charge is -2.25. The number of benzene rings is 2. The van der Waals surface area contributed by atoms with Crippen LogP contribution in [0.1, 0.15) is 34.6 Å². The minimum absolute atomic E-state index is 0.0358. The van der Waals surface area contributed by atoms with Crippen LogP contribution in [-0.2, 0) is 13.5 Å². The van der Waals surface area contributed by atoms with E-state index in [9.17, 15) is 9.59 Å². The molecule has 1 amide bonds. The van der Waals surface area contributed by atoms with Gasteiger partial charge in [0, 0.05) is 19.0 Å². The molecular weight excluding hydrogens is 352 g/mol. The summed E-state index contributed by atoms with van der Waals surface area (Å²) in [4.78, 5) is 27.2. The highest BCUT2D eigenvalue weighted by Crippen LogP contribution is 2.19. The molecule has 6 nitrogen and oxygen atoms in total. The molecule has 0 saturated heterocycles. The summed E-state index contributed by atoms with van der Waals surface area (Å²) in [5.74, 6) is -0.288. The van der Waals surface area contributed by atoms with Crippen LogP contribution in [0, 0.1) is 0 Å². The summed E-state index contributed by atoms with van der Waals surface area (Å²) in [6.07, 6.45) is 0.995. The zero-order valence-corrected chi connectivity index (χ0v) is 16.8. The van der Waals surface area contributed by atoms with Crippen molar-refractivity contribution in [3.05, 3.63) is 75.7 Å². The molecule has 1 N–H and O–H groups in total. The Morgan fingerprint density at radius 3 is 2.36 bits per heavy atom. The van der Waals surface area contributed by atoms with Crippen molar-refractivity contribution >= 4 is 16.7 Å². The van der Waals surface area contributed by atoms with Gasteiger partial charge in [-0.2, -0.15) is 5.10 Å². The summed E-state index contributed by atoms with van der Waals surface area (Å²) in [7, 11) is 5.54.